The maximum atomic E-state index is 11.5. The van der Waals surface area contributed by atoms with Gasteiger partial charge in [-0.25, -0.2) is 4.98 Å². The third-order valence-corrected chi connectivity index (χ3v) is 6.03. The Morgan fingerprint density at radius 2 is 1.55 bits per heavy atom. The topological polar surface area (TPSA) is 44.1 Å². The zero-order chi connectivity index (χ0) is 21.0. The summed E-state index contributed by atoms with van der Waals surface area (Å²) < 4.78 is 7.48. The number of hydrogen-bond donors (Lipinski definition) is 0. The van der Waals surface area contributed by atoms with Crippen molar-refractivity contribution in [3.63, 3.8) is 0 Å². The first-order chi connectivity index (χ1) is 14.3. The normalized spacial score (nSPS) is 12.2. The number of aromatic nitrogens is 2. The molecule has 0 aliphatic heterocycles. The van der Waals surface area contributed by atoms with Crippen LogP contribution in [0.25, 0.3) is 0 Å². The van der Waals surface area contributed by atoms with E-state index in [9.17, 15) is 4.79 Å². The summed E-state index contributed by atoms with van der Waals surface area (Å²) in [5, 5.41) is 0. The summed E-state index contributed by atoms with van der Waals surface area (Å²) in [5.74, 6) is -0.0200. The molecule has 1 heterocycles. The molecule has 0 amide bonds. The van der Waals surface area contributed by atoms with Gasteiger partial charge in [0.2, 0.25) is 0 Å². The second kappa shape index (κ2) is 19.1. The number of unbranched alkanes of at least 4 members (excludes halogenated alkanes) is 10. The van der Waals surface area contributed by atoms with Gasteiger partial charge in [0, 0.05) is 24.9 Å². The second-order valence-corrected chi connectivity index (χ2v) is 8.82. The van der Waals surface area contributed by atoms with Crippen LogP contribution in [0, 0.1) is 0 Å². The molecule has 5 heteroatoms. The fourth-order valence-corrected chi connectivity index (χ4v) is 3.94. The van der Waals surface area contributed by atoms with Gasteiger partial charge in [-0.15, -0.1) is 9.24 Å². The van der Waals surface area contributed by atoms with Crippen LogP contribution in [0.2, 0.25) is 0 Å². The van der Waals surface area contributed by atoms with Gasteiger partial charge in [0.05, 0.1) is 12.9 Å². The van der Waals surface area contributed by atoms with Crippen molar-refractivity contribution in [3.8, 4) is 0 Å². The minimum atomic E-state index is -0.0200. The molecule has 1 rings (SSSR count). The molecular weight excluding hydrogens is 379 g/mol. The summed E-state index contributed by atoms with van der Waals surface area (Å²) in [6.07, 6.45) is 26.5. The molecule has 1 aromatic rings. The van der Waals surface area contributed by atoms with Crippen LogP contribution >= 0.6 is 9.24 Å². The van der Waals surface area contributed by atoms with E-state index in [1.54, 1.807) is 0 Å². The van der Waals surface area contributed by atoms with Crippen LogP contribution in [0.5, 0.6) is 0 Å². The van der Waals surface area contributed by atoms with Gasteiger partial charge >= 0.3 is 5.97 Å². The number of carbonyl (C=O) groups excluding carboxylic acids is 1. The quantitative estimate of drug-likeness (QED) is 0.127. The fourth-order valence-electron chi connectivity index (χ4n) is 3.77. The molecule has 0 N–H and O–H groups in total. The SMILES string of the molecule is CCCCC(CCCCCCCCCCCCC(=O)OCCCP)n1ccnc1. The molecule has 0 aliphatic carbocycles. The maximum Gasteiger partial charge on any atom is 0.305 e. The summed E-state index contributed by atoms with van der Waals surface area (Å²) in [5.41, 5.74) is 0. The molecule has 4 nitrogen and oxygen atoms in total. The van der Waals surface area contributed by atoms with Crippen LogP contribution < -0.4 is 0 Å². The lowest BCUT2D eigenvalue weighted by Crippen LogP contribution is -2.07. The third-order valence-electron chi connectivity index (χ3n) is 5.62. The molecule has 0 aromatic carbocycles. The second-order valence-electron chi connectivity index (χ2n) is 8.24. The van der Waals surface area contributed by atoms with Crippen LogP contribution in [0.3, 0.4) is 0 Å². The Morgan fingerprint density at radius 3 is 2.14 bits per heavy atom. The molecule has 0 spiro atoms. The molecule has 2 unspecified atom stereocenters. The van der Waals surface area contributed by atoms with Crippen LogP contribution in [0.15, 0.2) is 18.7 Å². The standard InChI is InChI=1S/C24H45N2O2P/c1-2-3-15-23(26-19-18-25-22-26)16-12-10-8-6-4-5-7-9-11-13-17-24(27)28-20-14-21-29/h18-19,22-23H,2-17,20-21,29H2,1H3. The van der Waals surface area contributed by atoms with E-state index in [-0.39, 0.29) is 5.97 Å². The van der Waals surface area contributed by atoms with E-state index in [0.29, 0.717) is 19.1 Å². The predicted molar refractivity (Wildman–Crippen MR) is 126 cm³/mol. The molecule has 0 aliphatic rings. The van der Waals surface area contributed by atoms with E-state index < -0.39 is 0 Å². The number of hydrogen-bond acceptors (Lipinski definition) is 3. The highest BCUT2D eigenvalue weighted by Crippen LogP contribution is 2.22. The first kappa shape index (κ1) is 26.1. The van der Waals surface area contributed by atoms with Crippen molar-refractivity contribution in [2.45, 2.75) is 116 Å². The molecule has 0 saturated heterocycles. The van der Waals surface area contributed by atoms with Crippen molar-refractivity contribution in [1.82, 2.24) is 9.55 Å². The minimum Gasteiger partial charge on any atom is -0.466 e. The lowest BCUT2D eigenvalue weighted by atomic mass is 10.0. The smallest absolute Gasteiger partial charge is 0.305 e. The largest absolute Gasteiger partial charge is 0.466 e. The maximum absolute atomic E-state index is 11.5. The first-order valence-corrected chi connectivity index (χ1v) is 12.9. The molecule has 1 aromatic heterocycles. The summed E-state index contributed by atoms with van der Waals surface area (Å²) in [6, 6.07) is 0.639. The monoisotopic (exact) mass is 424 g/mol. The number of esters is 1. The first-order valence-electron chi connectivity index (χ1n) is 12.1. The van der Waals surface area contributed by atoms with Crippen molar-refractivity contribution in [2.24, 2.45) is 0 Å². The van der Waals surface area contributed by atoms with Crippen molar-refractivity contribution in [1.29, 1.82) is 0 Å². The summed E-state index contributed by atoms with van der Waals surface area (Å²) in [7, 11) is 2.66. The van der Waals surface area contributed by atoms with E-state index in [4.69, 9.17) is 4.74 Å². The van der Waals surface area contributed by atoms with Gasteiger partial charge in [-0.1, -0.05) is 77.6 Å². The molecule has 0 bridgehead atoms. The Morgan fingerprint density at radius 1 is 0.931 bits per heavy atom. The average Bonchev–Trinajstić information content (AvgIpc) is 3.26. The van der Waals surface area contributed by atoms with Crippen molar-refractivity contribution < 1.29 is 9.53 Å². The molecule has 0 saturated carbocycles. The molecule has 0 fully saturated rings. The number of nitrogens with zero attached hydrogens (tertiary/aromatic N) is 2. The molecular formula is C24H45N2O2P. The Kier molecular flexibility index (Phi) is 17.2. The van der Waals surface area contributed by atoms with E-state index in [0.717, 1.165) is 25.4 Å². The number of ether oxygens (including phenoxy) is 1. The van der Waals surface area contributed by atoms with Crippen molar-refractivity contribution in [2.75, 3.05) is 12.8 Å². The number of imidazole rings is 1. The van der Waals surface area contributed by atoms with Gasteiger partial charge in [0.1, 0.15) is 0 Å². The van der Waals surface area contributed by atoms with E-state index in [1.807, 2.05) is 12.5 Å². The molecule has 0 radical (unpaired) electrons. The van der Waals surface area contributed by atoms with Crippen LogP contribution in [0.1, 0.15) is 116 Å². The lowest BCUT2D eigenvalue weighted by molar-refractivity contribution is -0.143. The van der Waals surface area contributed by atoms with Gasteiger partial charge in [0.15, 0.2) is 0 Å². The average molecular weight is 425 g/mol. The minimum absolute atomic E-state index is 0.0200. The van der Waals surface area contributed by atoms with E-state index >= 15 is 0 Å². The lowest BCUT2D eigenvalue weighted by Gasteiger charge is -2.18. The summed E-state index contributed by atoms with van der Waals surface area (Å²) in [6.45, 7) is 2.85. The molecule has 168 valence electrons. The highest BCUT2D eigenvalue weighted by atomic mass is 31.0. The molecule has 29 heavy (non-hydrogen) atoms. The van der Waals surface area contributed by atoms with Gasteiger partial charge in [0.25, 0.3) is 0 Å². The Labute approximate surface area is 181 Å². The van der Waals surface area contributed by atoms with Gasteiger partial charge in [-0.05, 0) is 31.8 Å². The Hall–Kier alpha value is -0.890. The zero-order valence-corrected chi connectivity index (χ0v) is 20.0. The Bertz CT molecular complexity index is 479. The highest BCUT2D eigenvalue weighted by Gasteiger charge is 2.09. The highest BCUT2D eigenvalue weighted by molar-refractivity contribution is 7.16. The van der Waals surface area contributed by atoms with Gasteiger partial charge < -0.3 is 9.30 Å². The Balaban J connectivity index is 1.88. The van der Waals surface area contributed by atoms with Crippen LogP contribution in [-0.2, 0) is 9.53 Å². The van der Waals surface area contributed by atoms with Crippen LogP contribution in [0.4, 0.5) is 0 Å². The van der Waals surface area contributed by atoms with Crippen molar-refractivity contribution in [3.05, 3.63) is 18.7 Å². The van der Waals surface area contributed by atoms with Crippen molar-refractivity contribution >= 4 is 15.2 Å². The third kappa shape index (κ3) is 14.7. The van der Waals surface area contributed by atoms with E-state index in [1.165, 1.54) is 77.0 Å². The van der Waals surface area contributed by atoms with E-state index in [2.05, 4.69) is 31.9 Å². The summed E-state index contributed by atoms with van der Waals surface area (Å²) in [4.78, 5) is 15.7. The fraction of sp³-hybridized carbons (Fsp3) is 0.833. The molecule has 2 atom stereocenters. The van der Waals surface area contributed by atoms with Gasteiger partial charge in [-0.3, -0.25) is 4.79 Å². The number of carbonyl (C=O) groups is 1. The van der Waals surface area contributed by atoms with Gasteiger partial charge in [-0.2, -0.15) is 0 Å². The zero-order valence-electron chi connectivity index (χ0n) is 18.8. The van der Waals surface area contributed by atoms with Crippen LogP contribution in [-0.4, -0.2) is 28.3 Å². The predicted octanol–water partition coefficient (Wildman–Crippen LogP) is 7.10. The number of rotatable bonds is 20. The summed E-state index contributed by atoms with van der Waals surface area (Å²) >= 11 is 0.